The van der Waals surface area contributed by atoms with Crippen molar-refractivity contribution in [1.29, 1.82) is 0 Å². The number of hydrogen-bond acceptors (Lipinski definition) is 3. The Morgan fingerprint density at radius 2 is 2.19 bits per heavy atom. The van der Waals surface area contributed by atoms with Gasteiger partial charge in [0.05, 0.1) is 17.8 Å². The first-order chi connectivity index (χ1) is 7.65. The molecule has 1 saturated carbocycles. The Balaban J connectivity index is 2.11. The molecule has 1 aliphatic rings. The maximum absolute atomic E-state index is 11.8. The van der Waals surface area contributed by atoms with E-state index in [1.54, 1.807) is 0 Å². The van der Waals surface area contributed by atoms with E-state index < -0.39 is 5.54 Å². The van der Waals surface area contributed by atoms with Gasteiger partial charge in [-0.2, -0.15) is 0 Å². The number of ether oxygens (including phenoxy) is 1. The van der Waals surface area contributed by atoms with Crippen molar-refractivity contribution in [3.8, 4) is 5.75 Å². The summed E-state index contributed by atoms with van der Waals surface area (Å²) in [7, 11) is 0. The zero-order valence-electron chi connectivity index (χ0n) is 9.32. The number of nitrogens with one attached hydrogen (secondary N) is 1. The first-order valence-electron chi connectivity index (χ1n) is 5.48. The minimum absolute atomic E-state index is 0.125. The van der Waals surface area contributed by atoms with Crippen LogP contribution < -0.4 is 15.8 Å². The van der Waals surface area contributed by atoms with Crippen LogP contribution in [-0.2, 0) is 4.79 Å². The molecule has 0 atom stereocenters. The van der Waals surface area contributed by atoms with Crippen LogP contribution >= 0.6 is 0 Å². The van der Waals surface area contributed by atoms with Gasteiger partial charge >= 0.3 is 0 Å². The molecule has 2 rings (SSSR count). The van der Waals surface area contributed by atoms with Gasteiger partial charge in [-0.25, -0.2) is 0 Å². The lowest BCUT2D eigenvalue weighted by molar-refractivity contribution is -0.118. The lowest BCUT2D eigenvalue weighted by Crippen LogP contribution is -2.37. The van der Waals surface area contributed by atoms with Crippen LogP contribution in [0, 0.1) is 0 Å². The average molecular weight is 220 g/mol. The molecule has 86 valence electrons. The van der Waals surface area contributed by atoms with Gasteiger partial charge in [0.1, 0.15) is 5.75 Å². The predicted molar refractivity (Wildman–Crippen MR) is 62.4 cm³/mol. The molecule has 0 bridgehead atoms. The molecule has 0 spiro atoms. The molecule has 0 aromatic heterocycles. The fraction of sp³-hybridized carbons (Fsp3) is 0.417. The van der Waals surface area contributed by atoms with Crippen molar-refractivity contribution in [1.82, 2.24) is 0 Å². The van der Waals surface area contributed by atoms with Crippen LogP contribution in [0.15, 0.2) is 24.3 Å². The highest BCUT2D eigenvalue weighted by atomic mass is 16.5. The first-order valence-corrected chi connectivity index (χ1v) is 5.48. The maximum atomic E-state index is 11.8. The molecule has 1 fully saturated rings. The second-order valence-electron chi connectivity index (χ2n) is 4.04. The van der Waals surface area contributed by atoms with Crippen LogP contribution in [0.2, 0.25) is 0 Å². The summed E-state index contributed by atoms with van der Waals surface area (Å²) in [5.41, 5.74) is 5.84. The van der Waals surface area contributed by atoms with Gasteiger partial charge in [-0.15, -0.1) is 0 Å². The molecule has 16 heavy (non-hydrogen) atoms. The molecule has 0 radical (unpaired) electrons. The standard InChI is InChI=1S/C12H16N2O2/c1-2-16-10-6-4-3-5-9(10)14-11(15)12(13)7-8-12/h3-6H,2,7-8,13H2,1H3,(H,14,15). The van der Waals surface area contributed by atoms with E-state index in [0.717, 1.165) is 12.8 Å². The van der Waals surface area contributed by atoms with E-state index in [2.05, 4.69) is 5.32 Å². The van der Waals surface area contributed by atoms with Crippen LogP contribution in [0.3, 0.4) is 0 Å². The van der Waals surface area contributed by atoms with Crippen molar-refractivity contribution in [2.75, 3.05) is 11.9 Å². The van der Waals surface area contributed by atoms with Crippen LogP contribution in [0.5, 0.6) is 5.75 Å². The quantitative estimate of drug-likeness (QED) is 0.808. The van der Waals surface area contributed by atoms with Crippen molar-refractivity contribution in [3.63, 3.8) is 0 Å². The maximum Gasteiger partial charge on any atom is 0.244 e. The fourth-order valence-corrected chi connectivity index (χ4v) is 1.46. The van der Waals surface area contributed by atoms with Gasteiger partial charge in [-0.05, 0) is 31.9 Å². The summed E-state index contributed by atoms with van der Waals surface area (Å²) in [4.78, 5) is 11.8. The van der Waals surface area contributed by atoms with E-state index in [1.807, 2.05) is 31.2 Å². The Morgan fingerprint density at radius 1 is 1.50 bits per heavy atom. The highest BCUT2D eigenvalue weighted by molar-refractivity contribution is 6.00. The molecule has 0 saturated heterocycles. The Bertz CT molecular complexity index is 400. The lowest BCUT2D eigenvalue weighted by atomic mass is 10.2. The Hall–Kier alpha value is -1.55. The molecule has 0 heterocycles. The van der Waals surface area contributed by atoms with Crippen molar-refractivity contribution < 1.29 is 9.53 Å². The summed E-state index contributed by atoms with van der Waals surface area (Å²) in [6.45, 7) is 2.48. The van der Waals surface area contributed by atoms with E-state index in [-0.39, 0.29) is 5.91 Å². The molecule has 1 amide bonds. The molecular weight excluding hydrogens is 204 g/mol. The number of anilines is 1. The van der Waals surface area contributed by atoms with Crippen LogP contribution in [0.4, 0.5) is 5.69 Å². The van der Waals surface area contributed by atoms with Crippen LogP contribution in [0.1, 0.15) is 19.8 Å². The third kappa shape index (κ3) is 2.17. The normalized spacial score (nSPS) is 16.6. The molecule has 0 aliphatic heterocycles. The van der Waals surface area contributed by atoms with Crippen molar-refractivity contribution >= 4 is 11.6 Å². The Labute approximate surface area is 94.8 Å². The number of carbonyl (C=O) groups is 1. The van der Waals surface area contributed by atoms with E-state index in [1.165, 1.54) is 0 Å². The van der Waals surface area contributed by atoms with Crippen LogP contribution in [0.25, 0.3) is 0 Å². The summed E-state index contributed by atoms with van der Waals surface area (Å²) in [6.07, 6.45) is 1.52. The van der Waals surface area contributed by atoms with Gasteiger partial charge in [0, 0.05) is 0 Å². The smallest absolute Gasteiger partial charge is 0.244 e. The van der Waals surface area contributed by atoms with E-state index >= 15 is 0 Å². The van der Waals surface area contributed by atoms with Gasteiger partial charge in [0.15, 0.2) is 0 Å². The molecule has 4 heteroatoms. The largest absolute Gasteiger partial charge is 0.492 e. The van der Waals surface area contributed by atoms with Gasteiger partial charge in [0.25, 0.3) is 0 Å². The number of nitrogens with two attached hydrogens (primary N) is 1. The fourth-order valence-electron chi connectivity index (χ4n) is 1.46. The number of hydrogen-bond donors (Lipinski definition) is 2. The zero-order valence-corrected chi connectivity index (χ0v) is 9.32. The van der Waals surface area contributed by atoms with Crippen molar-refractivity contribution in [2.45, 2.75) is 25.3 Å². The van der Waals surface area contributed by atoms with E-state index in [9.17, 15) is 4.79 Å². The highest BCUT2D eigenvalue weighted by Crippen LogP contribution is 2.34. The third-order valence-corrected chi connectivity index (χ3v) is 2.68. The van der Waals surface area contributed by atoms with Gasteiger partial charge in [0.2, 0.25) is 5.91 Å². The minimum atomic E-state index is -0.653. The predicted octanol–water partition coefficient (Wildman–Crippen LogP) is 1.52. The molecule has 4 nitrogen and oxygen atoms in total. The second-order valence-corrected chi connectivity index (χ2v) is 4.04. The Morgan fingerprint density at radius 3 is 2.81 bits per heavy atom. The average Bonchev–Trinajstić information content (AvgIpc) is 3.01. The summed E-state index contributed by atoms with van der Waals surface area (Å²) in [6, 6.07) is 7.37. The summed E-state index contributed by atoms with van der Waals surface area (Å²) < 4.78 is 5.42. The zero-order chi connectivity index (χ0) is 11.6. The minimum Gasteiger partial charge on any atom is -0.492 e. The molecular formula is C12H16N2O2. The topological polar surface area (TPSA) is 64.3 Å². The SMILES string of the molecule is CCOc1ccccc1NC(=O)C1(N)CC1. The number of rotatable bonds is 4. The second kappa shape index (κ2) is 4.14. The van der Waals surface area contributed by atoms with Crippen molar-refractivity contribution in [2.24, 2.45) is 5.73 Å². The molecule has 1 aromatic carbocycles. The molecule has 0 unspecified atom stereocenters. The lowest BCUT2D eigenvalue weighted by Gasteiger charge is -2.13. The van der Waals surface area contributed by atoms with Crippen molar-refractivity contribution in [3.05, 3.63) is 24.3 Å². The van der Waals surface area contributed by atoms with E-state index in [4.69, 9.17) is 10.5 Å². The van der Waals surface area contributed by atoms with Gasteiger partial charge in [-0.1, -0.05) is 12.1 Å². The molecule has 1 aliphatic carbocycles. The van der Waals surface area contributed by atoms with Gasteiger partial charge in [-0.3, -0.25) is 4.79 Å². The molecule has 1 aromatic rings. The monoisotopic (exact) mass is 220 g/mol. The van der Waals surface area contributed by atoms with Crippen LogP contribution in [-0.4, -0.2) is 18.1 Å². The summed E-state index contributed by atoms with van der Waals surface area (Å²) in [5.74, 6) is 0.558. The highest BCUT2D eigenvalue weighted by Gasteiger charge is 2.46. The number of para-hydroxylation sites is 2. The van der Waals surface area contributed by atoms with E-state index in [0.29, 0.717) is 18.0 Å². The number of benzene rings is 1. The third-order valence-electron chi connectivity index (χ3n) is 2.68. The summed E-state index contributed by atoms with van der Waals surface area (Å²) >= 11 is 0. The molecule has 3 N–H and O–H groups in total. The number of carbonyl (C=O) groups excluding carboxylic acids is 1. The number of amides is 1. The Kier molecular flexibility index (Phi) is 2.83. The first kappa shape index (κ1) is 11.0. The van der Waals surface area contributed by atoms with Gasteiger partial charge < -0.3 is 15.8 Å². The summed E-state index contributed by atoms with van der Waals surface area (Å²) in [5, 5.41) is 2.81.